The van der Waals surface area contributed by atoms with Crippen LogP contribution in [0.3, 0.4) is 0 Å². The number of carboxylic acids is 1. The summed E-state index contributed by atoms with van der Waals surface area (Å²) in [7, 11) is 1.56. The van der Waals surface area contributed by atoms with Crippen molar-refractivity contribution in [1.82, 2.24) is 10.6 Å². The first-order valence-corrected chi connectivity index (χ1v) is 7.47. The monoisotopic (exact) mass is 302 g/mol. The highest BCUT2D eigenvalue weighted by Gasteiger charge is 2.21. The van der Waals surface area contributed by atoms with Crippen LogP contribution in [-0.4, -0.2) is 56.6 Å². The Morgan fingerprint density at radius 1 is 1.29 bits per heavy atom. The zero-order valence-electron chi connectivity index (χ0n) is 12.6. The quantitative estimate of drug-likeness (QED) is 0.467. The van der Waals surface area contributed by atoms with E-state index in [0.717, 1.165) is 18.9 Å². The summed E-state index contributed by atoms with van der Waals surface area (Å²) >= 11 is 0. The largest absolute Gasteiger partial charge is 0.480 e. The standard InChI is InChI=1S/C14H26N2O5/c1-20-8-2-4-12(13(17)18)16-14(19)15-7-3-9-21-10-11-5-6-11/h11-12H,2-10H2,1H3,(H,17,18)(H2,15,16,19). The molecular weight excluding hydrogens is 276 g/mol. The Labute approximate surface area is 125 Å². The minimum atomic E-state index is -1.03. The summed E-state index contributed by atoms with van der Waals surface area (Å²) < 4.78 is 10.3. The maximum absolute atomic E-state index is 11.6. The number of ether oxygens (including phenoxy) is 2. The number of methoxy groups -OCH3 is 1. The summed E-state index contributed by atoms with van der Waals surface area (Å²) in [5.74, 6) is -0.293. The van der Waals surface area contributed by atoms with Crippen LogP contribution in [0.2, 0.25) is 0 Å². The van der Waals surface area contributed by atoms with Crippen LogP contribution in [0.4, 0.5) is 4.79 Å². The fourth-order valence-corrected chi connectivity index (χ4v) is 1.81. The van der Waals surface area contributed by atoms with Crippen molar-refractivity contribution < 1.29 is 24.2 Å². The predicted molar refractivity (Wildman–Crippen MR) is 77.2 cm³/mol. The van der Waals surface area contributed by atoms with Gasteiger partial charge in [0, 0.05) is 33.5 Å². The van der Waals surface area contributed by atoms with Crippen LogP contribution in [0.15, 0.2) is 0 Å². The first-order chi connectivity index (χ1) is 10.1. The fourth-order valence-electron chi connectivity index (χ4n) is 1.81. The van der Waals surface area contributed by atoms with Gasteiger partial charge in [-0.3, -0.25) is 0 Å². The molecule has 3 N–H and O–H groups in total. The van der Waals surface area contributed by atoms with Gasteiger partial charge in [-0.25, -0.2) is 9.59 Å². The molecule has 0 saturated heterocycles. The molecule has 1 aliphatic rings. The van der Waals surface area contributed by atoms with Gasteiger partial charge in [0.2, 0.25) is 0 Å². The van der Waals surface area contributed by atoms with Crippen molar-refractivity contribution >= 4 is 12.0 Å². The molecule has 1 fully saturated rings. The van der Waals surface area contributed by atoms with Crippen molar-refractivity contribution in [3.63, 3.8) is 0 Å². The second-order valence-electron chi connectivity index (χ2n) is 5.30. The number of carbonyl (C=O) groups excluding carboxylic acids is 1. The van der Waals surface area contributed by atoms with E-state index in [-0.39, 0.29) is 0 Å². The van der Waals surface area contributed by atoms with Crippen molar-refractivity contribution in [1.29, 1.82) is 0 Å². The zero-order valence-corrected chi connectivity index (χ0v) is 12.6. The van der Waals surface area contributed by atoms with E-state index in [1.165, 1.54) is 12.8 Å². The Morgan fingerprint density at radius 2 is 2.05 bits per heavy atom. The summed E-state index contributed by atoms with van der Waals surface area (Å²) in [6, 6.07) is -1.34. The Morgan fingerprint density at radius 3 is 2.67 bits per heavy atom. The van der Waals surface area contributed by atoms with Gasteiger partial charge in [0.25, 0.3) is 0 Å². The van der Waals surface area contributed by atoms with Crippen LogP contribution >= 0.6 is 0 Å². The van der Waals surface area contributed by atoms with Crippen molar-refractivity contribution in [2.45, 2.75) is 38.1 Å². The third-order valence-electron chi connectivity index (χ3n) is 3.25. The fraction of sp³-hybridized carbons (Fsp3) is 0.857. The summed E-state index contributed by atoms with van der Waals surface area (Å²) in [5, 5.41) is 14.1. The van der Waals surface area contributed by atoms with Gasteiger partial charge in [-0.2, -0.15) is 0 Å². The Balaban J connectivity index is 2.03. The van der Waals surface area contributed by atoms with Gasteiger partial charge in [0.05, 0.1) is 0 Å². The lowest BCUT2D eigenvalue weighted by Crippen LogP contribution is -2.46. The number of rotatable bonds is 12. The number of nitrogens with one attached hydrogen (secondary N) is 2. The Kier molecular flexibility index (Phi) is 8.77. The molecule has 0 bridgehead atoms. The third-order valence-corrected chi connectivity index (χ3v) is 3.25. The number of hydrogen-bond acceptors (Lipinski definition) is 4. The minimum absolute atomic E-state index is 0.348. The molecule has 0 aromatic heterocycles. The molecule has 1 unspecified atom stereocenters. The zero-order chi connectivity index (χ0) is 15.5. The lowest BCUT2D eigenvalue weighted by atomic mass is 10.1. The lowest BCUT2D eigenvalue weighted by Gasteiger charge is -2.15. The maximum atomic E-state index is 11.6. The molecule has 1 aliphatic carbocycles. The van der Waals surface area contributed by atoms with Crippen LogP contribution in [0.1, 0.15) is 32.1 Å². The topological polar surface area (TPSA) is 96.9 Å². The van der Waals surface area contributed by atoms with Crippen LogP contribution in [0, 0.1) is 5.92 Å². The average molecular weight is 302 g/mol. The van der Waals surface area contributed by atoms with Gasteiger partial charge >= 0.3 is 12.0 Å². The van der Waals surface area contributed by atoms with E-state index in [1.807, 2.05) is 0 Å². The second-order valence-corrected chi connectivity index (χ2v) is 5.30. The third kappa shape index (κ3) is 9.25. The van der Waals surface area contributed by atoms with Gasteiger partial charge < -0.3 is 25.2 Å². The van der Waals surface area contributed by atoms with E-state index in [9.17, 15) is 9.59 Å². The maximum Gasteiger partial charge on any atom is 0.326 e. The van der Waals surface area contributed by atoms with Gasteiger partial charge in [-0.05, 0) is 38.0 Å². The molecule has 0 aromatic carbocycles. The minimum Gasteiger partial charge on any atom is -0.480 e. The first kappa shape index (κ1) is 17.7. The van der Waals surface area contributed by atoms with Crippen molar-refractivity contribution in [2.75, 3.05) is 33.5 Å². The molecule has 1 saturated carbocycles. The second kappa shape index (κ2) is 10.4. The number of hydrogen-bond donors (Lipinski definition) is 3. The molecule has 0 aromatic rings. The van der Waals surface area contributed by atoms with Gasteiger partial charge in [0.1, 0.15) is 6.04 Å². The molecule has 7 heteroatoms. The number of carboxylic acid groups (broad SMARTS) is 1. The van der Waals surface area contributed by atoms with Crippen molar-refractivity contribution in [3.8, 4) is 0 Å². The molecular formula is C14H26N2O5. The van der Waals surface area contributed by atoms with E-state index < -0.39 is 18.0 Å². The SMILES string of the molecule is COCCCC(NC(=O)NCCCOCC1CC1)C(=O)O. The molecule has 1 rings (SSSR count). The molecule has 0 heterocycles. The number of amides is 2. The Bertz CT molecular complexity index is 320. The van der Waals surface area contributed by atoms with E-state index in [4.69, 9.17) is 14.6 Å². The summed E-state index contributed by atoms with van der Waals surface area (Å²) in [6.07, 6.45) is 4.19. The number of urea groups is 1. The highest BCUT2D eigenvalue weighted by atomic mass is 16.5. The molecule has 0 aliphatic heterocycles. The van der Waals surface area contributed by atoms with Gasteiger partial charge in [-0.1, -0.05) is 0 Å². The van der Waals surface area contributed by atoms with Crippen LogP contribution < -0.4 is 10.6 Å². The van der Waals surface area contributed by atoms with Crippen molar-refractivity contribution in [2.24, 2.45) is 5.92 Å². The normalized spacial score (nSPS) is 15.5. The number of carbonyl (C=O) groups is 2. The molecule has 21 heavy (non-hydrogen) atoms. The van der Waals surface area contributed by atoms with Gasteiger partial charge in [0.15, 0.2) is 0 Å². The first-order valence-electron chi connectivity index (χ1n) is 7.47. The molecule has 122 valence electrons. The average Bonchev–Trinajstić information content (AvgIpc) is 3.25. The summed E-state index contributed by atoms with van der Waals surface area (Å²) in [4.78, 5) is 22.6. The highest BCUT2D eigenvalue weighted by molar-refractivity contribution is 5.82. The van der Waals surface area contributed by atoms with E-state index in [2.05, 4.69) is 10.6 Å². The smallest absolute Gasteiger partial charge is 0.326 e. The van der Waals surface area contributed by atoms with E-state index >= 15 is 0 Å². The van der Waals surface area contributed by atoms with E-state index in [0.29, 0.717) is 32.6 Å². The predicted octanol–water partition coefficient (Wildman–Crippen LogP) is 0.982. The van der Waals surface area contributed by atoms with Gasteiger partial charge in [-0.15, -0.1) is 0 Å². The Hall–Kier alpha value is -1.34. The van der Waals surface area contributed by atoms with Crippen LogP contribution in [-0.2, 0) is 14.3 Å². The molecule has 0 radical (unpaired) electrons. The van der Waals surface area contributed by atoms with E-state index in [1.54, 1.807) is 7.11 Å². The number of aliphatic carboxylic acids is 1. The molecule has 1 atom stereocenters. The summed E-state index contributed by atoms with van der Waals surface area (Å²) in [5.41, 5.74) is 0. The van der Waals surface area contributed by atoms with Crippen LogP contribution in [0.5, 0.6) is 0 Å². The van der Waals surface area contributed by atoms with Crippen molar-refractivity contribution in [3.05, 3.63) is 0 Å². The molecule has 0 spiro atoms. The lowest BCUT2D eigenvalue weighted by molar-refractivity contribution is -0.139. The van der Waals surface area contributed by atoms with Crippen LogP contribution in [0.25, 0.3) is 0 Å². The highest BCUT2D eigenvalue weighted by Crippen LogP contribution is 2.28. The molecule has 7 nitrogen and oxygen atoms in total. The molecule has 2 amide bonds. The summed E-state index contributed by atoms with van der Waals surface area (Å²) in [6.45, 7) is 2.38.